The third-order valence-electron chi connectivity index (χ3n) is 8.07. The molecule has 4 aromatic carbocycles. The summed E-state index contributed by atoms with van der Waals surface area (Å²) in [6, 6.07) is 29.5. The van der Waals surface area contributed by atoms with Gasteiger partial charge in [-0.05, 0) is 75.5 Å². The number of fused-ring (bicyclic) bond motifs is 2. The average Bonchev–Trinajstić information content (AvgIpc) is 3.27. The van der Waals surface area contributed by atoms with Crippen molar-refractivity contribution < 1.29 is 5.11 Å². The molecule has 0 amide bonds. The quantitative estimate of drug-likeness (QED) is 0.244. The highest BCUT2D eigenvalue weighted by Crippen LogP contribution is 2.39. The van der Waals surface area contributed by atoms with Crippen LogP contribution in [0.5, 0.6) is 5.75 Å². The minimum absolute atomic E-state index is 0.0161. The first-order chi connectivity index (χ1) is 19.4. The van der Waals surface area contributed by atoms with Crippen molar-refractivity contribution in [2.45, 2.75) is 52.4 Å². The maximum atomic E-state index is 10.9. The van der Waals surface area contributed by atoms with Crippen molar-refractivity contribution >= 4 is 21.9 Å². The van der Waals surface area contributed by atoms with Gasteiger partial charge in [-0.2, -0.15) is 0 Å². The molecule has 4 nitrogen and oxygen atoms in total. The van der Waals surface area contributed by atoms with Crippen LogP contribution in [0.15, 0.2) is 91.1 Å². The number of rotatable bonds is 3. The molecule has 0 fully saturated rings. The summed E-state index contributed by atoms with van der Waals surface area (Å²) < 4.78 is 2.08. The lowest BCUT2D eigenvalue weighted by Crippen LogP contribution is -2.11. The number of pyridine rings is 1. The molecule has 0 aliphatic rings. The number of para-hydroxylation sites is 1. The van der Waals surface area contributed by atoms with Crippen molar-refractivity contribution in [1.29, 1.82) is 0 Å². The van der Waals surface area contributed by atoms with E-state index in [0.29, 0.717) is 0 Å². The number of phenolic OH excluding ortho intramolecular Hbond substituents is 1. The highest BCUT2D eigenvalue weighted by atomic mass is 16.3. The molecular formula is C37H37N3O. The Morgan fingerprint density at radius 3 is 2.05 bits per heavy atom. The smallest absolute Gasteiger partial charge is 0.144 e. The van der Waals surface area contributed by atoms with Crippen LogP contribution in [0.2, 0.25) is 0 Å². The Bertz CT molecular complexity index is 1930. The largest absolute Gasteiger partial charge is 0.507 e. The Kier molecular flexibility index (Phi) is 6.26. The van der Waals surface area contributed by atoms with Crippen LogP contribution < -0.4 is 0 Å². The molecule has 2 aromatic heterocycles. The van der Waals surface area contributed by atoms with E-state index in [4.69, 9.17) is 9.97 Å². The van der Waals surface area contributed by atoms with E-state index in [0.717, 1.165) is 61.1 Å². The van der Waals surface area contributed by atoms with Crippen LogP contribution in [0, 0.1) is 0 Å². The van der Waals surface area contributed by atoms with E-state index in [-0.39, 0.29) is 16.6 Å². The van der Waals surface area contributed by atoms with Gasteiger partial charge in [0.05, 0.1) is 22.1 Å². The molecule has 0 aliphatic carbocycles. The molecule has 1 N–H and O–H groups in total. The molecule has 41 heavy (non-hydrogen) atoms. The molecule has 0 aliphatic heterocycles. The summed E-state index contributed by atoms with van der Waals surface area (Å²) in [6.45, 7) is 13.3. The maximum Gasteiger partial charge on any atom is 0.144 e. The number of aromatic nitrogens is 3. The van der Waals surface area contributed by atoms with Crippen LogP contribution in [-0.2, 0) is 17.9 Å². The van der Waals surface area contributed by atoms with E-state index in [1.165, 1.54) is 5.56 Å². The summed E-state index contributed by atoms with van der Waals surface area (Å²) in [4.78, 5) is 9.91. The Morgan fingerprint density at radius 2 is 1.32 bits per heavy atom. The first-order valence-corrected chi connectivity index (χ1v) is 14.2. The molecule has 0 unspecified atom stereocenters. The van der Waals surface area contributed by atoms with Crippen molar-refractivity contribution in [3.63, 3.8) is 0 Å². The molecule has 0 bridgehead atoms. The molecule has 2 heterocycles. The first-order valence-electron chi connectivity index (χ1n) is 14.2. The molecule has 0 atom stereocenters. The zero-order valence-corrected chi connectivity index (χ0v) is 24.9. The third kappa shape index (κ3) is 4.78. The van der Waals surface area contributed by atoms with Gasteiger partial charge in [0.1, 0.15) is 11.6 Å². The monoisotopic (exact) mass is 539 g/mol. The second kappa shape index (κ2) is 9.59. The van der Waals surface area contributed by atoms with Crippen molar-refractivity contribution in [2.75, 3.05) is 0 Å². The van der Waals surface area contributed by atoms with Crippen molar-refractivity contribution in [3.05, 3.63) is 102 Å². The summed E-state index contributed by atoms with van der Waals surface area (Å²) in [5.74, 6) is 0.985. The molecule has 0 spiro atoms. The van der Waals surface area contributed by atoms with Gasteiger partial charge >= 0.3 is 0 Å². The molecule has 6 rings (SSSR count). The van der Waals surface area contributed by atoms with Gasteiger partial charge in [-0.1, -0.05) is 84.0 Å². The average molecular weight is 540 g/mol. The zero-order chi connectivity index (χ0) is 29.1. The van der Waals surface area contributed by atoms with Gasteiger partial charge < -0.3 is 9.67 Å². The van der Waals surface area contributed by atoms with Crippen LogP contribution in [0.3, 0.4) is 0 Å². The molecule has 4 heteroatoms. The number of hydrogen-bond acceptors (Lipinski definition) is 3. The van der Waals surface area contributed by atoms with Crippen molar-refractivity contribution in [1.82, 2.24) is 14.5 Å². The SMILES string of the molecule is Cn1c(-c2cc(C(C)(C)C)ccc2O)nc2c(-c3cccc(-c4cc(C(C)(C)C)cc5cccnc45)c3)cccc21. The highest BCUT2D eigenvalue weighted by molar-refractivity contribution is 5.98. The van der Waals surface area contributed by atoms with E-state index in [1.54, 1.807) is 6.07 Å². The molecular weight excluding hydrogens is 502 g/mol. The number of imidazole rings is 1. The minimum Gasteiger partial charge on any atom is -0.507 e. The fourth-order valence-electron chi connectivity index (χ4n) is 5.57. The number of hydrogen-bond donors (Lipinski definition) is 1. The van der Waals surface area contributed by atoms with Crippen LogP contribution in [0.25, 0.3) is 55.6 Å². The number of aryl methyl sites for hydroxylation is 1. The number of benzene rings is 4. The van der Waals surface area contributed by atoms with Crippen LogP contribution in [0.4, 0.5) is 0 Å². The maximum absolute atomic E-state index is 10.9. The number of phenols is 1. The Hall–Kier alpha value is -4.44. The lowest BCUT2D eigenvalue weighted by Gasteiger charge is -2.21. The molecule has 0 radical (unpaired) electrons. The second-order valence-electron chi connectivity index (χ2n) is 13.1. The van der Waals surface area contributed by atoms with Gasteiger partial charge in [-0.3, -0.25) is 4.98 Å². The minimum atomic E-state index is -0.0397. The fraction of sp³-hybridized carbons (Fsp3) is 0.243. The molecule has 0 saturated carbocycles. The van der Waals surface area contributed by atoms with Crippen molar-refractivity contribution in [2.24, 2.45) is 7.05 Å². The first kappa shape index (κ1) is 26.8. The van der Waals surface area contributed by atoms with E-state index in [9.17, 15) is 5.11 Å². The molecule has 6 aromatic rings. The standard InChI is InChI=1S/C37H37N3O/c1-36(2,3)26-16-17-32(41)30(21-26)35-39-34-28(14-9-15-31(34)40(35)7)23-11-8-12-24(19-23)29-22-27(37(4,5)6)20-25-13-10-18-38-33(25)29/h8-22,41H,1-7H3. The van der Waals surface area contributed by atoms with E-state index >= 15 is 0 Å². The fourth-order valence-corrected chi connectivity index (χ4v) is 5.57. The normalized spacial score (nSPS) is 12.4. The van der Waals surface area contributed by atoms with Gasteiger partial charge in [-0.25, -0.2) is 4.98 Å². The lowest BCUT2D eigenvalue weighted by molar-refractivity contribution is 0.475. The van der Waals surface area contributed by atoms with Crippen LogP contribution >= 0.6 is 0 Å². The summed E-state index contributed by atoms with van der Waals surface area (Å²) in [5, 5.41) is 12.0. The van der Waals surface area contributed by atoms with Gasteiger partial charge in [0.25, 0.3) is 0 Å². The predicted octanol–water partition coefficient (Wildman–Crippen LogP) is 9.42. The Labute approximate surface area is 242 Å². The Morgan fingerprint density at radius 1 is 0.634 bits per heavy atom. The van der Waals surface area contributed by atoms with Crippen molar-refractivity contribution in [3.8, 4) is 39.4 Å². The Balaban J connectivity index is 1.53. The third-order valence-corrected chi connectivity index (χ3v) is 8.07. The second-order valence-corrected chi connectivity index (χ2v) is 13.1. The molecule has 206 valence electrons. The van der Waals surface area contributed by atoms with E-state index in [1.807, 2.05) is 25.4 Å². The summed E-state index contributed by atoms with van der Waals surface area (Å²) in [7, 11) is 2.02. The topological polar surface area (TPSA) is 50.9 Å². The lowest BCUT2D eigenvalue weighted by atomic mass is 9.84. The number of nitrogens with zero attached hydrogens (tertiary/aromatic N) is 3. The van der Waals surface area contributed by atoms with E-state index < -0.39 is 0 Å². The number of aromatic hydroxyl groups is 1. The van der Waals surface area contributed by atoms with Gasteiger partial charge in [0, 0.05) is 29.8 Å². The zero-order valence-electron chi connectivity index (χ0n) is 24.9. The van der Waals surface area contributed by atoms with Gasteiger partial charge in [0.2, 0.25) is 0 Å². The van der Waals surface area contributed by atoms with Gasteiger partial charge in [-0.15, -0.1) is 0 Å². The summed E-state index contributed by atoms with van der Waals surface area (Å²) in [5.41, 5.74) is 10.5. The summed E-state index contributed by atoms with van der Waals surface area (Å²) in [6.07, 6.45) is 1.87. The van der Waals surface area contributed by atoms with Crippen LogP contribution in [-0.4, -0.2) is 19.6 Å². The molecule has 0 saturated heterocycles. The predicted molar refractivity (Wildman–Crippen MR) is 171 cm³/mol. The highest BCUT2D eigenvalue weighted by Gasteiger charge is 2.21. The van der Waals surface area contributed by atoms with Crippen LogP contribution in [0.1, 0.15) is 52.7 Å². The summed E-state index contributed by atoms with van der Waals surface area (Å²) >= 11 is 0. The van der Waals surface area contributed by atoms with Gasteiger partial charge in [0.15, 0.2) is 0 Å². The van der Waals surface area contributed by atoms with E-state index in [2.05, 4.69) is 113 Å².